The molecular weight excluding hydrogens is 359 g/mol. The minimum atomic E-state index is -0.272. The highest BCUT2D eigenvalue weighted by molar-refractivity contribution is 7.10. The van der Waals surface area contributed by atoms with Gasteiger partial charge in [-0.05, 0) is 61.0 Å². The predicted molar refractivity (Wildman–Crippen MR) is 110 cm³/mol. The Morgan fingerprint density at radius 2 is 1.74 bits per heavy atom. The fraction of sp³-hybridized carbons (Fsp3) is 0.227. The lowest BCUT2D eigenvalue weighted by Crippen LogP contribution is -2.32. The molecule has 2 N–H and O–H groups in total. The van der Waals surface area contributed by atoms with Crippen LogP contribution in [-0.2, 0) is 4.79 Å². The van der Waals surface area contributed by atoms with Crippen LogP contribution in [0, 0.1) is 26.6 Å². The monoisotopic (exact) mass is 382 g/mol. The zero-order chi connectivity index (χ0) is 19.4. The fourth-order valence-corrected chi connectivity index (χ4v) is 4.08. The summed E-state index contributed by atoms with van der Waals surface area (Å²) in [5.74, 6) is -0.375. The van der Waals surface area contributed by atoms with Gasteiger partial charge < -0.3 is 5.32 Å². The molecule has 0 bridgehead atoms. The molecule has 3 aromatic rings. The van der Waals surface area contributed by atoms with Crippen LogP contribution < -0.4 is 10.6 Å². The lowest BCUT2D eigenvalue weighted by Gasteiger charge is -2.19. The molecule has 0 radical (unpaired) electrons. The molecule has 0 saturated heterocycles. The molecule has 2 aromatic carbocycles. The Labute approximate surface area is 163 Å². The summed E-state index contributed by atoms with van der Waals surface area (Å²) < 4.78 is 13.3. The standard InChI is InChI=1S/C22H23FN2OS/c1-14-11-15(2)21(16(3)12-14)25-20(26)13-24-22(19-5-4-10-27-19)17-6-8-18(23)9-7-17/h4-12,22,24H,13H2,1-3H3,(H,25,26). The average Bonchev–Trinajstić information content (AvgIpc) is 3.14. The SMILES string of the molecule is Cc1cc(C)c(NC(=O)CNC(c2ccc(F)cc2)c2cccs2)c(C)c1. The third-order valence-electron chi connectivity index (χ3n) is 4.44. The van der Waals surface area contributed by atoms with E-state index in [2.05, 4.69) is 22.8 Å². The van der Waals surface area contributed by atoms with E-state index in [-0.39, 0.29) is 24.3 Å². The first-order valence-electron chi connectivity index (χ1n) is 8.84. The van der Waals surface area contributed by atoms with Gasteiger partial charge in [0.05, 0.1) is 12.6 Å². The first kappa shape index (κ1) is 19.3. The van der Waals surface area contributed by atoms with Gasteiger partial charge in [0.1, 0.15) is 5.82 Å². The fourth-order valence-electron chi connectivity index (χ4n) is 3.25. The van der Waals surface area contributed by atoms with Crippen molar-refractivity contribution in [2.75, 3.05) is 11.9 Å². The zero-order valence-electron chi connectivity index (χ0n) is 15.7. The number of thiophene rings is 1. The van der Waals surface area contributed by atoms with Gasteiger partial charge in [-0.1, -0.05) is 35.9 Å². The molecule has 140 valence electrons. The molecule has 0 spiro atoms. The van der Waals surface area contributed by atoms with Crippen LogP contribution >= 0.6 is 11.3 Å². The van der Waals surface area contributed by atoms with Gasteiger partial charge >= 0.3 is 0 Å². The van der Waals surface area contributed by atoms with E-state index in [4.69, 9.17) is 0 Å². The molecule has 0 aliphatic carbocycles. The number of aryl methyl sites for hydroxylation is 3. The van der Waals surface area contributed by atoms with E-state index in [1.165, 1.54) is 17.7 Å². The number of amides is 1. The van der Waals surface area contributed by atoms with Crippen molar-refractivity contribution < 1.29 is 9.18 Å². The van der Waals surface area contributed by atoms with Crippen molar-refractivity contribution in [3.05, 3.63) is 86.9 Å². The van der Waals surface area contributed by atoms with Gasteiger partial charge in [-0.15, -0.1) is 11.3 Å². The van der Waals surface area contributed by atoms with Crippen molar-refractivity contribution in [3.63, 3.8) is 0 Å². The lowest BCUT2D eigenvalue weighted by molar-refractivity contribution is -0.115. The quantitative estimate of drug-likeness (QED) is 0.620. The van der Waals surface area contributed by atoms with Crippen LogP contribution in [-0.4, -0.2) is 12.5 Å². The highest BCUT2D eigenvalue weighted by atomic mass is 32.1. The Morgan fingerprint density at radius 3 is 2.33 bits per heavy atom. The number of carbonyl (C=O) groups excluding carboxylic acids is 1. The molecule has 27 heavy (non-hydrogen) atoms. The van der Waals surface area contributed by atoms with E-state index >= 15 is 0 Å². The summed E-state index contributed by atoms with van der Waals surface area (Å²) in [6.45, 7) is 6.19. The zero-order valence-corrected chi connectivity index (χ0v) is 16.5. The van der Waals surface area contributed by atoms with Crippen molar-refractivity contribution in [1.29, 1.82) is 0 Å². The molecule has 0 fully saturated rings. The van der Waals surface area contributed by atoms with E-state index in [9.17, 15) is 9.18 Å². The van der Waals surface area contributed by atoms with Crippen LogP contribution in [0.4, 0.5) is 10.1 Å². The number of hydrogen-bond donors (Lipinski definition) is 2. The highest BCUT2D eigenvalue weighted by Crippen LogP contribution is 2.26. The number of rotatable bonds is 6. The van der Waals surface area contributed by atoms with Crippen LogP contribution in [0.5, 0.6) is 0 Å². The van der Waals surface area contributed by atoms with Gasteiger partial charge in [-0.25, -0.2) is 4.39 Å². The van der Waals surface area contributed by atoms with Crippen molar-refractivity contribution in [2.45, 2.75) is 26.8 Å². The van der Waals surface area contributed by atoms with Gasteiger partial charge in [-0.3, -0.25) is 10.1 Å². The first-order valence-corrected chi connectivity index (χ1v) is 9.72. The van der Waals surface area contributed by atoms with E-state index < -0.39 is 0 Å². The van der Waals surface area contributed by atoms with Crippen LogP contribution in [0.25, 0.3) is 0 Å². The topological polar surface area (TPSA) is 41.1 Å². The smallest absolute Gasteiger partial charge is 0.238 e. The van der Waals surface area contributed by atoms with Crippen LogP contribution in [0.1, 0.15) is 33.2 Å². The second-order valence-corrected chi connectivity index (χ2v) is 7.68. The summed E-state index contributed by atoms with van der Waals surface area (Å²) in [5.41, 5.74) is 5.06. The lowest BCUT2D eigenvalue weighted by atomic mass is 10.0. The van der Waals surface area contributed by atoms with Crippen LogP contribution in [0.3, 0.4) is 0 Å². The maximum Gasteiger partial charge on any atom is 0.238 e. The number of benzene rings is 2. The Hall–Kier alpha value is -2.50. The summed E-state index contributed by atoms with van der Waals surface area (Å²) in [6.07, 6.45) is 0. The van der Waals surface area contributed by atoms with E-state index in [1.54, 1.807) is 23.5 Å². The third kappa shape index (κ3) is 4.81. The Bertz CT molecular complexity index is 897. The average molecular weight is 383 g/mol. The van der Waals surface area contributed by atoms with Gasteiger partial charge in [-0.2, -0.15) is 0 Å². The first-order chi connectivity index (χ1) is 12.9. The van der Waals surface area contributed by atoms with Gasteiger partial charge in [0.25, 0.3) is 0 Å². The Morgan fingerprint density at radius 1 is 1.07 bits per heavy atom. The molecule has 1 aromatic heterocycles. The predicted octanol–water partition coefficient (Wildman–Crippen LogP) is 5.13. The molecular formula is C22H23FN2OS. The third-order valence-corrected chi connectivity index (χ3v) is 5.38. The van der Waals surface area contributed by atoms with Gasteiger partial charge in [0.2, 0.25) is 5.91 Å². The minimum absolute atomic E-state index is 0.103. The highest BCUT2D eigenvalue weighted by Gasteiger charge is 2.17. The second kappa shape index (κ2) is 8.46. The molecule has 0 aliphatic rings. The molecule has 1 amide bonds. The second-order valence-electron chi connectivity index (χ2n) is 6.70. The molecule has 1 atom stereocenters. The molecule has 3 rings (SSSR count). The molecule has 1 heterocycles. The maximum atomic E-state index is 13.3. The van der Waals surface area contributed by atoms with Crippen LogP contribution in [0.15, 0.2) is 53.9 Å². The van der Waals surface area contributed by atoms with E-state index in [1.807, 2.05) is 38.3 Å². The summed E-state index contributed by atoms with van der Waals surface area (Å²) in [4.78, 5) is 13.6. The number of anilines is 1. The Kier molecular flexibility index (Phi) is 6.04. The summed E-state index contributed by atoms with van der Waals surface area (Å²) >= 11 is 1.60. The molecule has 5 heteroatoms. The largest absolute Gasteiger partial charge is 0.324 e. The summed E-state index contributed by atoms with van der Waals surface area (Å²) in [7, 11) is 0. The molecule has 3 nitrogen and oxygen atoms in total. The number of halogens is 1. The maximum absolute atomic E-state index is 13.3. The van der Waals surface area contributed by atoms with E-state index in [0.29, 0.717) is 0 Å². The van der Waals surface area contributed by atoms with E-state index in [0.717, 1.165) is 27.3 Å². The summed E-state index contributed by atoms with van der Waals surface area (Å²) in [5, 5.41) is 8.31. The normalized spacial score (nSPS) is 12.0. The van der Waals surface area contributed by atoms with Crippen molar-refractivity contribution in [1.82, 2.24) is 5.32 Å². The van der Waals surface area contributed by atoms with Gasteiger partial charge in [0, 0.05) is 10.6 Å². The summed E-state index contributed by atoms with van der Waals surface area (Å²) in [6, 6.07) is 14.3. The molecule has 0 saturated carbocycles. The molecule has 1 unspecified atom stereocenters. The van der Waals surface area contributed by atoms with Crippen molar-refractivity contribution in [3.8, 4) is 0 Å². The van der Waals surface area contributed by atoms with Crippen molar-refractivity contribution in [2.24, 2.45) is 0 Å². The van der Waals surface area contributed by atoms with Crippen molar-refractivity contribution >= 4 is 22.9 Å². The van der Waals surface area contributed by atoms with Gasteiger partial charge in [0.15, 0.2) is 0 Å². The van der Waals surface area contributed by atoms with Crippen LogP contribution in [0.2, 0.25) is 0 Å². The molecule has 0 aliphatic heterocycles. The Balaban J connectivity index is 1.72. The number of carbonyl (C=O) groups is 1. The number of nitrogens with one attached hydrogen (secondary N) is 2. The number of hydrogen-bond acceptors (Lipinski definition) is 3. The minimum Gasteiger partial charge on any atom is -0.324 e.